The molecule has 7 nitrogen and oxygen atoms in total. The standard InChI is InChI=1S/C21H26Cl2N4O3S/c1-4-26-9-11-27(12-10-26)19-8-6-16(22)14-18(19)24-21(28)15-5-7-17(23)20(13-15)31(29,30)25(2)3/h5-8,13-14H,4,9-12H2,1-3H3,(H,24,28). The number of nitrogens with one attached hydrogen (secondary N) is 1. The zero-order valence-electron chi connectivity index (χ0n) is 17.7. The number of amides is 1. The number of rotatable bonds is 6. The van der Waals surface area contributed by atoms with Gasteiger partial charge >= 0.3 is 0 Å². The quantitative estimate of drug-likeness (QED) is 0.677. The van der Waals surface area contributed by atoms with Crippen molar-refractivity contribution >= 4 is 50.5 Å². The summed E-state index contributed by atoms with van der Waals surface area (Å²) >= 11 is 12.3. The van der Waals surface area contributed by atoms with E-state index in [1.807, 2.05) is 6.07 Å². The lowest BCUT2D eigenvalue weighted by Gasteiger charge is -2.36. The van der Waals surface area contributed by atoms with Crippen molar-refractivity contribution in [1.82, 2.24) is 9.21 Å². The van der Waals surface area contributed by atoms with E-state index in [1.165, 1.54) is 32.3 Å². The molecule has 0 spiro atoms. The van der Waals surface area contributed by atoms with Crippen LogP contribution in [0.1, 0.15) is 17.3 Å². The van der Waals surface area contributed by atoms with Crippen molar-refractivity contribution in [1.29, 1.82) is 0 Å². The maximum Gasteiger partial charge on any atom is 0.255 e. The number of anilines is 2. The molecule has 1 fully saturated rings. The van der Waals surface area contributed by atoms with Gasteiger partial charge in [0.25, 0.3) is 5.91 Å². The van der Waals surface area contributed by atoms with Crippen LogP contribution in [0.4, 0.5) is 11.4 Å². The lowest BCUT2D eigenvalue weighted by atomic mass is 10.1. The molecule has 2 aromatic carbocycles. The predicted molar refractivity (Wildman–Crippen MR) is 126 cm³/mol. The van der Waals surface area contributed by atoms with Gasteiger partial charge in [0.2, 0.25) is 10.0 Å². The van der Waals surface area contributed by atoms with Gasteiger partial charge in [-0.15, -0.1) is 0 Å². The van der Waals surface area contributed by atoms with Crippen LogP contribution in [0, 0.1) is 0 Å². The molecule has 0 saturated carbocycles. The van der Waals surface area contributed by atoms with E-state index in [2.05, 4.69) is 22.0 Å². The third-order valence-corrected chi connectivity index (χ3v) is 7.85. The molecule has 1 heterocycles. The Bertz CT molecular complexity index is 1070. The fraction of sp³-hybridized carbons (Fsp3) is 0.381. The second-order valence-corrected chi connectivity index (χ2v) is 10.4. The number of benzene rings is 2. The van der Waals surface area contributed by atoms with E-state index in [1.54, 1.807) is 12.1 Å². The lowest BCUT2D eigenvalue weighted by molar-refractivity contribution is 0.102. The zero-order valence-corrected chi connectivity index (χ0v) is 20.1. The maximum atomic E-state index is 13.0. The normalized spacial score (nSPS) is 15.4. The summed E-state index contributed by atoms with van der Waals surface area (Å²) in [4.78, 5) is 17.4. The van der Waals surface area contributed by atoms with Crippen molar-refractivity contribution in [3.63, 3.8) is 0 Å². The minimum Gasteiger partial charge on any atom is -0.367 e. The van der Waals surface area contributed by atoms with Crippen molar-refractivity contribution in [3.8, 4) is 0 Å². The second kappa shape index (κ2) is 9.75. The third-order valence-electron chi connectivity index (χ3n) is 5.32. The first-order chi connectivity index (χ1) is 14.6. The maximum absolute atomic E-state index is 13.0. The molecule has 0 aliphatic carbocycles. The van der Waals surface area contributed by atoms with Gasteiger partial charge in [-0.3, -0.25) is 4.79 Å². The molecule has 0 unspecified atom stereocenters. The molecule has 1 amide bonds. The van der Waals surface area contributed by atoms with Crippen LogP contribution in [0.3, 0.4) is 0 Å². The Kier molecular flexibility index (Phi) is 7.49. The lowest BCUT2D eigenvalue weighted by Crippen LogP contribution is -2.46. The number of hydrogen-bond acceptors (Lipinski definition) is 5. The number of sulfonamides is 1. The molecule has 10 heteroatoms. The van der Waals surface area contributed by atoms with Crippen LogP contribution in [0.15, 0.2) is 41.3 Å². The average molecular weight is 485 g/mol. The largest absolute Gasteiger partial charge is 0.367 e. The highest BCUT2D eigenvalue weighted by Crippen LogP contribution is 2.31. The van der Waals surface area contributed by atoms with Gasteiger partial charge in [0.1, 0.15) is 4.90 Å². The molecule has 31 heavy (non-hydrogen) atoms. The topological polar surface area (TPSA) is 73.0 Å². The molecule has 0 atom stereocenters. The van der Waals surface area contributed by atoms with Gasteiger partial charge in [-0.2, -0.15) is 0 Å². The third kappa shape index (κ3) is 5.32. The van der Waals surface area contributed by atoms with Gasteiger partial charge in [0.05, 0.1) is 16.4 Å². The smallest absolute Gasteiger partial charge is 0.255 e. The highest BCUT2D eigenvalue weighted by atomic mass is 35.5. The first-order valence-electron chi connectivity index (χ1n) is 9.93. The Morgan fingerprint density at radius 2 is 1.74 bits per heavy atom. The molecule has 0 bridgehead atoms. The van der Waals surface area contributed by atoms with Crippen LogP contribution in [-0.2, 0) is 10.0 Å². The molecule has 1 aliphatic heterocycles. The Morgan fingerprint density at radius 1 is 1.06 bits per heavy atom. The molecule has 2 aromatic rings. The summed E-state index contributed by atoms with van der Waals surface area (Å²) in [5.74, 6) is -0.442. The first kappa shape index (κ1) is 23.8. The fourth-order valence-corrected chi connectivity index (χ4v) is 4.99. The molecule has 1 N–H and O–H groups in total. The number of hydrogen-bond donors (Lipinski definition) is 1. The molecule has 1 saturated heterocycles. The predicted octanol–water partition coefficient (Wildman–Crippen LogP) is 3.64. The van der Waals surface area contributed by atoms with E-state index < -0.39 is 15.9 Å². The van der Waals surface area contributed by atoms with E-state index in [4.69, 9.17) is 23.2 Å². The number of nitrogens with zero attached hydrogens (tertiary/aromatic N) is 3. The van der Waals surface area contributed by atoms with Crippen LogP contribution in [-0.4, -0.2) is 70.3 Å². The highest BCUT2D eigenvalue weighted by molar-refractivity contribution is 7.89. The van der Waals surface area contributed by atoms with E-state index in [-0.39, 0.29) is 15.5 Å². The Hall–Kier alpha value is -1.84. The van der Waals surface area contributed by atoms with Gasteiger partial charge in [-0.05, 0) is 42.9 Å². The summed E-state index contributed by atoms with van der Waals surface area (Å²) in [6, 6.07) is 9.59. The van der Waals surface area contributed by atoms with Crippen LogP contribution < -0.4 is 10.2 Å². The Balaban J connectivity index is 1.88. The van der Waals surface area contributed by atoms with Crippen LogP contribution in [0.25, 0.3) is 0 Å². The van der Waals surface area contributed by atoms with E-state index >= 15 is 0 Å². The van der Waals surface area contributed by atoms with Gasteiger partial charge < -0.3 is 15.1 Å². The summed E-state index contributed by atoms with van der Waals surface area (Å²) in [5.41, 5.74) is 1.64. The number of likely N-dealkylation sites (N-methyl/N-ethyl adjacent to an activating group) is 1. The summed E-state index contributed by atoms with van der Waals surface area (Å²) < 4.78 is 26.1. The molecule has 168 valence electrons. The summed E-state index contributed by atoms with van der Waals surface area (Å²) in [7, 11) is -0.966. The number of halogens is 2. The summed E-state index contributed by atoms with van der Waals surface area (Å²) in [6.45, 7) is 6.70. The first-order valence-corrected chi connectivity index (χ1v) is 12.1. The monoisotopic (exact) mass is 484 g/mol. The molecular weight excluding hydrogens is 459 g/mol. The highest BCUT2D eigenvalue weighted by Gasteiger charge is 2.24. The SMILES string of the molecule is CCN1CCN(c2ccc(Cl)cc2NC(=O)c2ccc(Cl)c(S(=O)(=O)N(C)C)c2)CC1. The van der Waals surface area contributed by atoms with Crippen LogP contribution in [0.2, 0.25) is 10.0 Å². The average Bonchev–Trinajstić information content (AvgIpc) is 2.74. The van der Waals surface area contributed by atoms with Gasteiger partial charge in [0.15, 0.2) is 0 Å². The fourth-order valence-electron chi connectivity index (χ4n) is 3.42. The van der Waals surface area contributed by atoms with Crippen LogP contribution >= 0.6 is 23.2 Å². The molecule has 1 aliphatic rings. The molecule has 0 radical (unpaired) electrons. The van der Waals surface area contributed by atoms with E-state index in [0.717, 1.165) is 42.7 Å². The van der Waals surface area contributed by atoms with Crippen LogP contribution in [0.5, 0.6) is 0 Å². The minimum atomic E-state index is -3.79. The number of carbonyl (C=O) groups is 1. The minimum absolute atomic E-state index is 0.0579. The number of piperazine rings is 1. The van der Waals surface area contributed by atoms with E-state index in [0.29, 0.717) is 10.7 Å². The van der Waals surface area contributed by atoms with Gasteiger partial charge in [0, 0.05) is 50.9 Å². The Morgan fingerprint density at radius 3 is 2.35 bits per heavy atom. The second-order valence-electron chi connectivity index (χ2n) is 7.47. The Labute approximate surface area is 193 Å². The molecule has 0 aromatic heterocycles. The van der Waals surface area contributed by atoms with Gasteiger partial charge in [-0.1, -0.05) is 30.1 Å². The molecular formula is C21H26Cl2N4O3S. The van der Waals surface area contributed by atoms with Crippen molar-refractivity contribution in [2.45, 2.75) is 11.8 Å². The summed E-state index contributed by atoms with van der Waals surface area (Å²) in [6.07, 6.45) is 0. The van der Waals surface area contributed by atoms with Gasteiger partial charge in [-0.25, -0.2) is 12.7 Å². The molecule has 3 rings (SSSR count). The van der Waals surface area contributed by atoms with Crippen molar-refractivity contribution in [2.24, 2.45) is 0 Å². The summed E-state index contributed by atoms with van der Waals surface area (Å²) in [5, 5.41) is 3.44. The number of carbonyl (C=O) groups excluding carboxylic acids is 1. The van der Waals surface area contributed by atoms with E-state index in [9.17, 15) is 13.2 Å². The van der Waals surface area contributed by atoms with Crippen molar-refractivity contribution in [2.75, 3.05) is 57.0 Å². The zero-order chi connectivity index (χ0) is 22.8. The van der Waals surface area contributed by atoms with Crippen molar-refractivity contribution < 1.29 is 13.2 Å². The van der Waals surface area contributed by atoms with Crippen molar-refractivity contribution in [3.05, 3.63) is 52.0 Å².